The zero-order valence-electron chi connectivity index (χ0n) is 11.2. The first-order chi connectivity index (χ1) is 9.26. The quantitative estimate of drug-likeness (QED) is 0.863. The van der Waals surface area contributed by atoms with E-state index in [0.717, 1.165) is 30.3 Å². The second kappa shape index (κ2) is 7.10. The highest BCUT2D eigenvalue weighted by atomic mass is 35.5. The van der Waals surface area contributed by atoms with Crippen LogP contribution in [0.4, 0.5) is 5.69 Å². The molecule has 2 N–H and O–H groups in total. The van der Waals surface area contributed by atoms with Crippen LogP contribution in [0.1, 0.15) is 12.5 Å². The first-order valence-corrected chi connectivity index (χ1v) is 7.08. The summed E-state index contributed by atoms with van der Waals surface area (Å²) in [7, 11) is 0. The molecule has 1 aliphatic heterocycles. The van der Waals surface area contributed by atoms with Crippen LogP contribution in [0.15, 0.2) is 18.2 Å². The minimum absolute atomic E-state index is 0.00846. The predicted octanol–water partition coefficient (Wildman–Crippen LogP) is 1.65. The highest BCUT2D eigenvalue weighted by molar-refractivity contribution is 6.33. The van der Waals surface area contributed by atoms with E-state index >= 15 is 0 Å². The van der Waals surface area contributed by atoms with Gasteiger partial charge in [0.25, 0.3) is 0 Å². The smallest absolute Gasteiger partial charge is 0.0756 e. The summed E-state index contributed by atoms with van der Waals surface area (Å²) in [6.45, 7) is 5.90. The Kier molecular flexibility index (Phi) is 5.45. The molecule has 1 atom stereocenters. The number of hydrogen-bond acceptors (Lipinski definition) is 4. The van der Waals surface area contributed by atoms with Gasteiger partial charge in [0.2, 0.25) is 0 Å². The van der Waals surface area contributed by atoms with Crippen molar-refractivity contribution in [3.05, 3.63) is 28.8 Å². The topological polar surface area (TPSA) is 44.7 Å². The summed E-state index contributed by atoms with van der Waals surface area (Å²) in [5, 5.41) is 13.4. The number of morpholine rings is 1. The van der Waals surface area contributed by atoms with E-state index in [1.165, 1.54) is 5.56 Å². The Balaban J connectivity index is 2.14. The Bertz CT molecular complexity index is 414. The molecule has 0 spiro atoms. The van der Waals surface area contributed by atoms with Crippen LogP contribution in [0.3, 0.4) is 0 Å². The van der Waals surface area contributed by atoms with E-state index in [-0.39, 0.29) is 12.6 Å². The number of halogens is 1. The molecule has 5 heteroatoms. The predicted molar refractivity (Wildman–Crippen MR) is 77.9 cm³/mol. The maximum Gasteiger partial charge on any atom is 0.0756 e. The van der Waals surface area contributed by atoms with Gasteiger partial charge < -0.3 is 20.1 Å². The van der Waals surface area contributed by atoms with Crippen molar-refractivity contribution in [3.63, 3.8) is 0 Å². The van der Waals surface area contributed by atoms with Crippen molar-refractivity contribution in [2.24, 2.45) is 0 Å². The second-order valence-electron chi connectivity index (χ2n) is 4.67. The number of aliphatic hydroxyl groups is 1. The highest BCUT2D eigenvalue weighted by Gasteiger charge is 2.24. The molecule has 1 saturated heterocycles. The molecule has 19 heavy (non-hydrogen) atoms. The largest absolute Gasteiger partial charge is 0.394 e. The molecule has 2 rings (SSSR count). The normalized spacial score (nSPS) is 19.7. The lowest BCUT2D eigenvalue weighted by atomic mass is 10.1. The highest BCUT2D eigenvalue weighted by Crippen LogP contribution is 2.29. The van der Waals surface area contributed by atoms with E-state index < -0.39 is 0 Å². The molecule has 106 valence electrons. The summed E-state index contributed by atoms with van der Waals surface area (Å²) < 4.78 is 5.39. The van der Waals surface area contributed by atoms with Crippen LogP contribution in [0.5, 0.6) is 0 Å². The molecule has 1 aromatic carbocycles. The zero-order chi connectivity index (χ0) is 13.7. The standard InChI is InChI=1S/C14H21ClN2O2/c1-2-16-8-11-3-4-14(13(15)7-11)17-5-6-19-10-12(17)9-18/h3-4,7,12,16,18H,2,5-6,8-10H2,1H3. The Morgan fingerprint density at radius 3 is 3.05 bits per heavy atom. The van der Waals surface area contributed by atoms with Crippen LogP contribution in [-0.2, 0) is 11.3 Å². The van der Waals surface area contributed by atoms with Gasteiger partial charge in [-0.25, -0.2) is 0 Å². The molecule has 0 aliphatic carbocycles. The molecule has 4 nitrogen and oxygen atoms in total. The third kappa shape index (κ3) is 3.60. The first kappa shape index (κ1) is 14.6. The SMILES string of the molecule is CCNCc1ccc(N2CCOCC2CO)c(Cl)c1. The van der Waals surface area contributed by atoms with Gasteiger partial charge >= 0.3 is 0 Å². The molecule has 1 fully saturated rings. The van der Waals surface area contributed by atoms with Crippen LogP contribution in [0.2, 0.25) is 5.02 Å². The molecule has 1 aliphatic rings. The molecule has 0 bridgehead atoms. The molecule has 0 saturated carbocycles. The Morgan fingerprint density at radius 1 is 1.53 bits per heavy atom. The number of nitrogens with one attached hydrogen (secondary N) is 1. The third-order valence-electron chi connectivity index (χ3n) is 3.34. The van der Waals surface area contributed by atoms with E-state index in [4.69, 9.17) is 16.3 Å². The van der Waals surface area contributed by atoms with E-state index in [9.17, 15) is 5.11 Å². The van der Waals surface area contributed by atoms with Crippen molar-refractivity contribution in [1.29, 1.82) is 0 Å². The minimum Gasteiger partial charge on any atom is -0.394 e. The maximum atomic E-state index is 9.41. The summed E-state index contributed by atoms with van der Waals surface area (Å²) in [5.41, 5.74) is 2.15. The summed E-state index contributed by atoms with van der Waals surface area (Å²) in [6, 6.07) is 6.09. The Morgan fingerprint density at radius 2 is 2.37 bits per heavy atom. The maximum absolute atomic E-state index is 9.41. The average molecular weight is 285 g/mol. The number of anilines is 1. The summed E-state index contributed by atoms with van der Waals surface area (Å²) >= 11 is 6.37. The van der Waals surface area contributed by atoms with Crippen molar-refractivity contribution in [3.8, 4) is 0 Å². The number of aliphatic hydroxyl groups excluding tert-OH is 1. The number of ether oxygens (including phenoxy) is 1. The summed E-state index contributed by atoms with van der Waals surface area (Å²) in [5.74, 6) is 0. The minimum atomic E-state index is -0.00846. The Hall–Kier alpha value is -0.810. The van der Waals surface area contributed by atoms with Gasteiger partial charge in [0.05, 0.1) is 36.6 Å². The second-order valence-corrected chi connectivity index (χ2v) is 5.08. The third-order valence-corrected chi connectivity index (χ3v) is 3.64. The zero-order valence-corrected chi connectivity index (χ0v) is 12.0. The molecule has 0 amide bonds. The van der Waals surface area contributed by atoms with Crippen molar-refractivity contribution in [1.82, 2.24) is 5.32 Å². The van der Waals surface area contributed by atoms with Crippen molar-refractivity contribution in [2.75, 3.05) is 37.8 Å². The van der Waals surface area contributed by atoms with E-state index in [0.29, 0.717) is 13.2 Å². The number of hydrogen-bond donors (Lipinski definition) is 2. The number of nitrogens with zero attached hydrogens (tertiary/aromatic N) is 1. The van der Waals surface area contributed by atoms with Gasteiger partial charge in [-0.2, -0.15) is 0 Å². The van der Waals surface area contributed by atoms with Gasteiger partial charge in [0.1, 0.15) is 0 Å². The van der Waals surface area contributed by atoms with Crippen molar-refractivity contribution in [2.45, 2.75) is 19.5 Å². The fourth-order valence-corrected chi connectivity index (χ4v) is 2.60. The van der Waals surface area contributed by atoms with Crippen LogP contribution in [0, 0.1) is 0 Å². The van der Waals surface area contributed by atoms with Gasteiger partial charge in [-0.15, -0.1) is 0 Å². The fraction of sp³-hybridized carbons (Fsp3) is 0.571. The molecule has 0 aromatic heterocycles. The Labute approximate surface area is 119 Å². The average Bonchev–Trinajstić information content (AvgIpc) is 2.45. The lowest BCUT2D eigenvalue weighted by molar-refractivity contribution is 0.0727. The van der Waals surface area contributed by atoms with Crippen LogP contribution in [0.25, 0.3) is 0 Å². The summed E-state index contributed by atoms with van der Waals surface area (Å²) in [4.78, 5) is 2.13. The fourth-order valence-electron chi connectivity index (χ4n) is 2.29. The van der Waals surface area contributed by atoms with Crippen molar-refractivity contribution >= 4 is 17.3 Å². The molecule has 0 radical (unpaired) electrons. The molecule has 1 heterocycles. The van der Waals surface area contributed by atoms with Crippen LogP contribution in [-0.4, -0.2) is 44.1 Å². The molecule has 1 unspecified atom stereocenters. The van der Waals surface area contributed by atoms with E-state index in [1.54, 1.807) is 0 Å². The molecule has 1 aromatic rings. The van der Waals surface area contributed by atoms with Gasteiger partial charge in [-0.3, -0.25) is 0 Å². The van der Waals surface area contributed by atoms with Crippen LogP contribution < -0.4 is 10.2 Å². The molecular formula is C14H21ClN2O2. The van der Waals surface area contributed by atoms with Gasteiger partial charge in [0.15, 0.2) is 0 Å². The van der Waals surface area contributed by atoms with Gasteiger partial charge in [0, 0.05) is 13.1 Å². The van der Waals surface area contributed by atoms with E-state index in [1.807, 2.05) is 12.1 Å². The van der Waals surface area contributed by atoms with Crippen molar-refractivity contribution < 1.29 is 9.84 Å². The van der Waals surface area contributed by atoms with Gasteiger partial charge in [-0.1, -0.05) is 24.6 Å². The van der Waals surface area contributed by atoms with E-state index in [2.05, 4.69) is 23.2 Å². The first-order valence-electron chi connectivity index (χ1n) is 6.70. The summed E-state index contributed by atoms with van der Waals surface area (Å²) in [6.07, 6.45) is 0. The van der Waals surface area contributed by atoms with Gasteiger partial charge in [-0.05, 0) is 24.2 Å². The lowest BCUT2D eigenvalue weighted by Gasteiger charge is -2.36. The molecular weight excluding hydrogens is 264 g/mol. The lowest BCUT2D eigenvalue weighted by Crippen LogP contribution is -2.47. The monoisotopic (exact) mass is 284 g/mol. The number of benzene rings is 1. The number of rotatable bonds is 5. The van der Waals surface area contributed by atoms with Crippen LogP contribution >= 0.6 is 11.6 Å².